The first-order chi connectivity index (χ1) is 30.1. The van der Waals surface area contributed by atoms with Gasteiger partial charge in [-0.3, -0.25) is 0 Å². The third-order valence-electron chi connectivity index (χ3n) is 12.3. The number of benzene rings is 10. The third-order valence-corrected chi connectivity index (χ3v) is 12.7. The average Bonchev–Trinajstić information content (AvgIpc) is 3.84. The number of fused-ring (bicyclic) bond motifs is 7. The minimum Gasteiger partial charge on any atom is -0.309 e. The number of halogens is 1. The molecular formula is C58H37BrN2. The van der Waals surface area contributed by atoms with Crippen LogP contribution in [0.3, 0.4) is 0 Å². The van der Waals surface area contributed by atoms with E-state index in [1.165, 1.54) is 105 Å². The fourth-order valence-electron chi connectivity index (χ4n) is 9.43. The summed E-state index contributed by atoms with van der Waals surface area (Å²) < 4.78 is 5.88. The van der Waals surface area contributed by atoms with Crippen LogP contribution in [-0.4, -0.2) is 9.13 Å². The maximum Gasteiger partial charge on any atom is 0.0541 e. The predicted octanol–water partition coefficient (Wildman–Crippen LogP) is 16.5. The summed E-state index contributed by atoms with van der Waals surface area (Å²) in [6.07, 6.45) is 0. The van der Waals surface area contributed by atoms with Gasteiger partial charge in [-0.2, -0.15) is 0 Å². The van der Waals surface area contributed by atoms with E-state index in [0.717, 1.165) is 10.2 Å². The van der Waals surface area contributed by atoms with Gasteiger partial charge < -0.3 is 9.13 Å². The summed E-state index contributed by atoms with van der Waals surface area (Å²) in [5, 5.41) is 7.42. The second-order valence-electron chi connectivity index (χ2n) is 15.9. The molecule has 286 valence electrons. The van der Waals surface area contributed by atoms with Crippen LogP contribution in [0.25, 0.3) is 110 Å². The molecule has 0 unspecified atom stereocenters. The van der Waals surface area contributed by atoms with Crippen LogP contribution in [0.1, 0.15) is 0 Å². The number of rotatable bonds is 6. The Morgan fingerprint density at radius 1 is 0.246 bits per heavy atom. The zero-order valence-electron chi connectivity index (χ0n) is 33.1. The number of nitrogens with zero attached hydrogens (tertiary/aromatic N) is 2. The summed E-state index contributed by atoms with van der Waals surface area (Å²) in [6, 6.07) is 82.0. The molecule has 10 aromatic carbocycles. The van der Waals surface area contributed by atoms with Crippen molar-refractivity contribution in [2.75, 3.05) is 0 Å². The summed E-state index contributed by atoms with van der Waals surface area (Å²) in [4.78, 5) is 0. The molecule has 0 N–H and O–H groups in total. The largest absolute Gasteiger partial charge is 0.309 e. The molecule has 0 bridgehead atoms. The van der Waals surface area contributed by atoms with E-state index in [1.807, 2.05) is 0 Å². The highest BCUT2D eigenvalue weighted by Gasteiger charge is 2.18. The molecule has 2 aromatic heterocycles. The van der Waals surface area contributed by atoms with Crippen LogP contribution in [0.4, 0.5) is 0 Å². The lowest BCUT2D eigenvalue weighted by Crippen LogP contribution is -1.96. The van der Waals surface area contributed by atoms with Gasteiger partial charge in [0, 0.05) is 37.4 Å². The van der Waals surface area contributed by atoms with E-state index in [9.17, 15) is 0 Å². The van der Waals surface area contributed by atoms with Crippen molar-refractivity contribution in [3.8, 4) is 55.9 Å². The van der Waals surface area contributed by atoms with Crippen LogP contribution >= 0.6 is 15.9 Å². The van der Waals surface area contributed by atoms with E-state index in [1.54, 1.807) is 0 Å². The molecule has 0 spiro atoms. The van der Waals surface area contributed by atoms with Crippen LogP contribution in [0.2, 0.25) is 0 Å². The normalized spacial score (nSPS) is 11.7. The molecule has 0 fully saturated rings. The number of hydrogen-bond acceptors (Lipinski definition) is 0. The van der Waals surface area contributed by atoms with Crippen molar-refractivity contribution in [3.05, 3.63) is 229 Å². The SMILES string of the molecule is Brc1cc(-c2ccc3c(c2)c2ccccc2n3-c2cc(-c3ccccc3)cc(-c3ccccc3)c2)cc(-c2ccc3c(c2)c2ccccc2n3-c2ccc3ccccc3c2)c1. The van der Waals surface area contributed by atoms with E-state index in [4.69, 9.17) is 0 Å². The fraction of sp³-hybridized carbons (Fsp3) is 0. The first-order valence-corrected chi connectivity index (χ1v) is 21.6. The predicted molar refractivity (Wildman–Crippen MR) is 262 cm³/mol. The zero-order chi connectivity index (χ0) is 40.4. The highest BCUT2D eigenvalue weighted by atomic mass is 79.9. The maximum absolute atomic E-state index is 3.92. The number of aromatic nitrogens is 2. The van der Waals surface area contributed by atoms with Gasteiger partial charge in [0.1, 0.15) is 0 Å². The smallest absolute Gasteiger partial charge is 0.0541 e. The first-order valence-electron chi connectivity index (χ1n) is 20.8. The lowest BCUT2D eigenvalue weighted by Gasteiger charge is -2.14. The van der Waals surface area contributed by atoms with Crippen molar-refractivity contribution in [3.63, 3.8) is 0 Å². The monoisotopic (exact) mass is 840 g/mol. The molecule has 0 saturated carbocycles. The first kappa shape index (κ1) is 35.5. The Bertz CT molecular complexity index is 3590. The topological polar surface area (TPSA) is 9.86 Å². The molecule has 0 amide bonds. The van der Waals surface area contributed by atoms with Crippen LogP contribution in [0, 0.1) is 0 Å². The summed E-state index contributed by atoms with van der Waals surface area (Å²) in [5.74, 6) is 0. The summed E-state index contributed by atoms with van der Waals surface area (Å²) in [7, 11) is 0. The highest BCUT2D eigenvalue weighted by Crippen LogP contribution is 2.41. The van der Waals surface area contributed by atoms with Gasteiger partial charge >= 0.3 is 0 Å². The molecule has 0 aliphatic heterocycles. The molecule has 0 atom stereocenters. The summed E-state index contributed by atoms with van der Waals surface area (Å²) >= 11 is 3.92. The van der Waals surface area contributed by atoms with Gasteiger partial charge in [-0.25, -0.2) is 0 Å². The quantitative estimate of drug-likeness (QED) is 0.158. The van der Waals surface area contributed by atoms with E-state index in [0.29, 0.717) is 0 Å². The van der Waals surface area contributed by atoms with Crippen molar-refractivity contribution in [2.45, 2.75) is 0 Å². The molecule has 12 rings (SSSR count). The van der Waals surface area contributed by atoms with Gasteiger partial charge in [0.2, 0.25) is 0 Å². The standard InChI is InChI=1S/C58H37BrN2/c59-48-31-44(42-24-27-57-53(36-42)51-19-9-11-21-55(51)60(57)49-26-23-40-17-7-8-18-41(40)33-49)29-45(32-48)43-25-28-58-54(37-43)52-20-10-12-22-56(52)61(58)50-34-46(38-13-3-1-4-14-38)30-47(35-50)39-15-5-2-6-16-39/h1-37H. The fourth-order valence-corrected chi connectivity index (χ4v) is 9.93. The van der Waals surface area contributed by atoms with E-state index < -0.39 is 0 Å². The molecule has 0 radical (unpaired) electrons. The Hall–Kier alpha value is -7.46. The molecule has 3 heteroatoms. The molecule has 0 saturated heterocycles. The van der Waals surface area contributed by atoms with Crippen molar-refractivity contribution < 1.29 is 0 Å². The summed E-state index contributed by atoms with van der Waals surface area (Å²) in [5.41, 5.74) is 16.5. The Kier molecular flexibility index (Phi) is 8.36. The van der Waals surface area contributed by atoms with Gasteiger partial charge in [0.25, 0.3) is 0 Å². The molecule has 0 aliphatic carbocycles. The third kappa shape index (κ3) is 6.08. The van der Waals surface area contributed by atoms with Gasteiger partial charge in [0.15, 0.2) is 0 Å². The van der Waals surface area contributed by atoms with Crippen LogP contribution in [-0.2, 0) is 0 Å². The van der Waals surface area contributed by atoms with Crippen molar-refractivity contribution in [1.82, 2.24) is 9.13 Å². The van der Waals surface area contributed by atoms with E-state index in [2.05, 4.69) is 250 Å². The maximum atomic E-state index is 3.92. The van der Waals surface area contributed by atoms with E-state index in [-0.39, 0.29) is 0 Å². The molecule has 0 aliphatic rings. The van der Waals surface area contributed by atoms with Crippen LogP contribution in [0.5, 0.6) is 0 Å². The number of hydrogen-bond donors (Lipinski definition) is 0. The Balaban J connectivity index is 0.985. The highest BCUT2D eigenvalue weighted by molar-refractivity contribution is 9.10. The lowest BCUT2D eigenvalue weighted by molar-refractivity contribution is 1.18. The van der Waals surface area contributed by atoms with Crippen molar-refractivity contribution in [2.24, 2.45) is 0 Å². The van der Waals surface area contributed by atoms with Gasteiger partial charge in [-0.15, -0.1) is 0 Å². The Labute approximate surface area is 362 Å². The average molecular weight is 842 g/mol. The molecule has 12 aromatic rings. The Morgan fingerprint density at radius 3 is 1.25 bits per heavy atom. The number of para-hydroxylation sites is 2. The van der Waals surface area contributed by atoms with Gasteiger partial charge in [0.05, 0.1) is 22.1 Å². The zero-order valence-corrected chi connectivity index (χ0v) is 34.7. The van der Waals surface area contributed by atoms with Gasteiger partial charge in [-0.05, 0) is 140 Å². The molecular weight excluding hydrogens is 805 g/mol. The second kappa shape index (κ2) is 14.4. The van der Waals surface area contributed by atoms with Crippen LogP contribution in [0.15, 0.2) is 229 Å². The minimum atomic E-state index is 1.05. The van der Waals surface area contributed by atoms with Crippen LogP contribution < -0.4 is 0 Å². The minimum absolute atomic E-state index is 1.05. The van der Waals surface area contributed by atoms with Crippen molar-refractivity contribution >= 4 is 70.3 Å². The molecule has 61 heavy (non-hydrogen) atoms. The molecule has 2 heterocycles. The lowest BCUT2D eigenvalue weighted by atomic mass is 9.97. The summed E-state index contributed by atoms with van der Waals surface area (Å²) in [6.45, 7) is 0. The van der Waals surface area contributed by atoms with E-state index >= 15 is 0 Å². The Morgan fingerprint density at radius 2 is 0.689 bits per heavy atom. The molecule has 2 nitrogen and oxygen atoms in total. The second-order valence-corrected chi connectivity index (χ2v) is 16.8. The van der Waals surface area contributed by atoms with Crippen molar-refractivity contribution in [1.29, 1.82) is 0 Å². The van der Waals surface area contributed by atoms with Gasteiger partial charge in [-0.1, -0.05) is 155 Å².